The number of hydrogen-bond donors (Lipinski definition) is 1. The molecule has 3 amide bonds. The Hall–Kier alpha value is -2.44. The van der Waals surface area contributed by atoms with Gasteiger partial charge in [0, 0.05) is 45.4 Å². The molecule has 6 nitrogen and oxygen atoms in total. The van der Waals surface area contributed by atoms with Crippen LogP contribution in [0.25, 0.3) is 0 Å². The van der Waals surface area contributed by atoms with Gasteiger partial charge in [-0.05, 0) is 30.5 Å². The van der Waals surface area contributed by atoms with E-state index in [1.165, 1.54) is 25.5 Å². The summed E-state index contributed by atoms with van der Waals surface area (Å²) < 4.78 is 13.5. The van der Waals surface area contributed by atoms with E-state index >= 15 is 0 Å². The summed E-state index contributed by atoms with van der Waals surface area (Å²) in [5.74, 6) is -0.507. The molecule has 1 aromatic rings. The molecule has 0 spiro atoms. The molecule has 1 saturated heterocycles. The van der Waals surface area contributed by atoms with Crippen LogP contribution in [0, 0.1) is 11.7 Å². The van der Waals surface area contributed by atoms with Crippen molar-refractivity contribution in [3.63, 3.8) is 0 Å². The lowest BCUT2D eigenvalue weighted by Crippen LogP contribution is -2.56. The number of nitrogens with one attached hydrogen (secondary N) is 1. The Morgan fingerprint density at radius 3 is 2.34 bits per heavy atom. The van der Waals surface area contributed by atoms with Gasteiger partial charge in [0.25, 0.3) is 0 Å². The zero-order chi connectivity index (χ0) is 20.8. The normalized spacial score (nSPS) is 19.0. The Bertz CT molecular complexity index is 741. The maximum absolute atomic E-state index is 13.5. The van der Waals surface area contributed by atoms with Gasteiger partial charge in [-0.2, -0.15) is 0 Å². The second kappa shape index (κ2) is 9.85. The third kappa shape index (κ3) is 5.78. The first-order valence-electron chi connectivity index (χ1n) is 10.5. The summed E-state index contributed by atoms with van der Waals surface area (Å²) in [5, 5.41) is 2.70. The van der Waals surface area contributed by atoms with Gasteiger partial charge in [-0.25, -0.2) is 4.39 Å². The standard InChI is InChI=1S/C22H30FN3O3/c1-16(27)24-20(15-17-6-5-9-19(23)14-17)22(29)26-12-10-25(11-13-26)21(28)18-7-3-2-4-8-18/h5-6,9,14,18,20H,2-4,7-8,10-13,15H2,1H3,(H,24,27). The van der Waals surface area contributed by atoms with Crippen LogP contribution >= 0.6 is 0 Å². The average molecular weight is 403 g/mol. The van der Waals surface area contributed by atoms with Crippen LogP contribution in [0.1, 0.15) is 44.6 Å². The highest BCUT2D eigenvalue weighted by molar-refractivity contribution is 5.87. The third-order valence-corrected chi connectivity index (χ3v) is 5.86. The first kappa shape index (κ1) is 21.3. The van der Waals surface area contributed by atoms with Crippen molar-refractivity contribution in [3.05, 3.63) is 35.6 Å². The molecule has 1 heterocycles. The zero-order valence-electron chi connectivity index (χ0n) is 17.0. The van der Waals surface area contributed by atoms with Gasteiger partial charge in [-0.15, -0.1) is 0 Å². The van der Waals surface area contributed by atoms with Crippen molar-refractivity contribution in [1.29, 1.82) is 0 Å². The lowest BCUT2D eigenvalue weighted by molar-refractivity contribution is -0.144. The molecule has 1 unspecified atom stereocenters. The van der Waals surface area contributed by atoms with Gasteiger partial charge in [0.2, 0.25) is 17.7 Å². The van der Waals surface area contributed by atoms with Crippen LogP contribution in [0.5, 0.6) is 0 Å². The molecule has 158 valence electrons. The molecular weight excluding hydrogens is 373 g/mol. The highest BCUT2D eigenvalue weighted by Gasteiger charge is 2.32. The number of carbonyl (C=O) groups excluding carboxylic acids is 3. The maximum Gasteiger partial charge on any atom is 0.245 e. The van der Waals surface area contributed by atoms with Gasteiger partial charge in [0.15, 0.2) is 0 Å². The van der Waals surface area contributed by atoms with E-state index in [4.69, 9.17) is 0 Å². The molecule has 3 rings (SSSR count). The van der Waals surface area contributed by atoms with Crippen LogP contribution in [0.3, 0.4) is 0 Å². The van der Waals surface area contributed by atoms with Gasteiger partial charge in [-0.1, -0.05) is 31.4 Å². The zero-order valence-corrected chi connectivity index (χ0v) is 17.0. The van der Waals surface area contributed by atoms with Crippen molar-refractivity contribution in [2.75, 3.05) is 26.2 Å². The number of carbonyl (C=O) groups is 3. The summed E-state index contributed by atoms with van der Waals surface area (Å²) in [6.07, 6.45) is 5.62. The smallest absolute Gasteiger partial charge is 0.245 e. The molecule has 1 N–H and O–H groups in total. The minimum Gasteiger partial charge on any atom is -0.344 e. The van der Waals surface area contributed by atoms with Gasteiger partial charge in [0.05, 0.1) is 0 Å². The van der Waals surface area contributed by atoms with E-state index in [9.17, 15) is 18.8 Å². The molecule has 0 aromatic heterocycles. The second-order valence-electron chi connectivity index (χ2n) is 8.07. The molecule has 1 saturated carbocycles. The number of nitrogens with zero attached hydrogens (tertiary/aromatic N) is 2. The highest BCUT2D eigenvalue weighted by Crippen LogP contribution is 2.26. The Balaban J connectivity index is 1.58. The van der Waals surface area contributed by atoms with Crippen molar-refractivity contribution < 1.29 is 18.8 Å². The number of piperazine rings is 1. The fraction of sp³-hybridized carbons (Fsp3) is 0.591. The quantitative estimate of drug-likeness (QED) is 0.819. The second-order valence-corrected chi connectivity index (χ2v) is 8.07. The van der Waals surface area contributed by atoms with Crippen molar-refractivity contribution in [2.45, 2.75) is 51.5 Å². The molecule has 1 atom stereocenters. The monoisotopic (exact) mass is 403 g/mol. The largest absolute Gasteiger partial charge is 0.344 e. The number of halogens is 1. The average Bonchev–Trinajstić information content (AvgIpc) is 2.73. The van der Waals surface area contributed by atoms with Crippen molar-refractivity contribution in [1.82, 2.24) is 15.1 Å². The SMILES string of the molecule is CC(=O)NC(Cc1cccc(F)c1)C(=O)N1CCN(C(=O)C2CCCCC2)CC1. The molecule has 1 aromatic carbocycles. The van der Waals surface area contributed by atoms with E-state index < -0.39 is 6.04 Å². The van der Waals surface area contributed by atoms with Crippen LogP contribution in [0.4, 0.5) is 4.39 Å². The highest BCUT2D eigenvalue weighted by atomic mass is 19.1. The summed E-state index contributed by atoms with van der Waals surface area (Å²) in [7, 11) is 0. The summed E-state index contributed by atoms with van der Waals surface area (Å²) >= 11 is 0. The Morgan fingerprint density at radius 2 is 1.72 bits per heavy atom. The van der Waals surface area contributed by atoms with E-state index in [1.807, 2.05) is 4.90 Å². The van der Waals surface area contributed by atoms with Crippen molar-refractivity contribution >= 4 is 17.7 Å². The predicted molar refractivity (Wildman–Crippen MR) is 107 cm³/mol. The molecule has 1 aliphatic carbocycles. The molecule has 2 aliphatic rings. The summed E-state index contributed by atoms with van der Waals surface area (Å²) in [6.45, 7) is 3.32. The molecule has 7 heteroatoms. The van der Waals surface area contributed by atoms with Crippen molar-refractivity contribution in [3.8, 4) is 0 Å². The molecule has 0 bridgehead atoms. The number of benzene rings is 1. The lowest BCUT2D eigenvalue weighted by Gasteiger charge is -2.38. The summed E-state index contributed by atoms with van der Waals surface area (Å²) in [5.41, 5.74) is 0.656. The van der Waals surface area contributed by atoms with Gasteiger partial charge in [-0.3, -0.25) is 14.4 Å². The first-order chi connectivity index (χ1) is 13.9. The Kier molecular flexibility index (Phi) is 7.23. The molecule has 29 heavy (non-hydrogen) atoms. The van der Waals surface area contributed by atoms with E-state index in [2.05, 4.69) is 5.32 Å². The van der Waals surface area contributed by atoms with E-state index in [1.54, 1.807) is 17.0 Å². The van der Waals surface area contributed by atoms with Crippen LogP contribution < -0.4 is 5.32 Å². The summed E-state index contributed by atoms with van der Waals surface area (Å²) in [4.78, 5) is 40.9. The van der Waals surface area contributed by atoms with E-state index in [0.29, 0.717) is 31.7 Å². The minimum absolute atomic E-state index is 0.131. The van der Waals surface area contributed by atoms with Gasteiger partial charge in [0.1, 0.15) is 11.9 Å². The maximum atomic E-state index is 13.5. The lowest BCUT2D eigenvalue weighted by atomic mass is 9.88. The van der Waals surface area contributed by atoms with Gasteiger partial charge >= 0.3 is 0 Å². The number of amides is 3. The topological polar surface area (TPSA) is 69.7 Å². The Labute approximate surface area is 171 Å². The van der Waals surface area contributed by atoms with Crippen LogP contribution in [0.2, 0.25) is 0 Å². The fourth-order valence-electron chi connectivity index (χ4n) is 4.32. The van der Waals surface area contributed by atoms with Crippen molar-refractivity contribution in [2.24, 2.45) is 5.92 Å². The third-order valence-electron chi connectivity index (χ3n) is 5.86. The Morgan fingerprint density at radius 1 is 1.07 bits per heavy atom. The number of hydrogen-bond acceptors (Lipinski definition) is 3. The molecular formula is C22H30FN3O3. The molecule has 2 fully saturated rings. The first-order valence-corrected chi connectivity index (χ1v) is 10.5. The van der Waals surface area contributed by atoms with Crippen LogP contribution in [0.15, 0.2) is 24.3 Å². The number of rotatable bonds is 5. The van der Waals surface area contributed by atoms with Gasteiger partial charge < -0.3 is 15.1 Å². The van der Waals surface area contributed by atoms with E-state index in [0.717, 1.165) is 25.7 Å². The van der Waals surface area contributed by atoms with E-state index in [-0.39, 0.29) is 35.9 Å². The van der Waals surface area contributed by atoms with Crippen LogP contribution in [-0.4, -0.2) is 59.7 Å². The predicted octanol–water partition coefficient (Wildman–Crippen LogP) is 2.12. The fourth-order valence-corrected chi connectivity index (χ4v) is 4.32. The molecule has 1 aliphatic heterocycles. The molecule has 0 radical (unpaired) electrons. The minimum atomic E-state index is -0.741. The van der Waals surface area contributed by atoms with Crippen LogP contribution in [-0.2, 0) is 20.8 Å². The summed E-state index contributed by atoms with van der Waals surface area (Å²) in [6, 6.07) is 5.32.